The van der Waals surface area contributed by atoms with Crippen molar-refractivity contribution in [1.29, 1.82) is 0 Å². The Morgan fingerprint density at radius 1 is 1.06 bits per heavy atom. The highest BCUT2D eigenvalue weighted by Crippen LogP contribution is 2.31. The van der Waals surface area contributed by atoms with Gasteiger partial charge in [-0.15, -0.1) is 0 Å². The van der Waals surface area contributed by atoms with Gasteiger partial charge in [0.1, 0.15) is 0 Å². The van der Waals surface area contributed by atoms with E-state index in [1.807, 2.05) is 0 Å². The summed E-state index contributed by atoms with van der Waals surface area (Å²) in [5.74, 6) is -0.285. The second-order valence-corrected chi connectivity index (χ2v) is 11.3. The number of unbranched alkanes of at least 4 members (excludes halogenated alkanes) is 3. The van der Waals surface area contributed by atoms with Gasteiger partial charge in [0.05, 0.1) is 10.3 Å². The molecule has 0 unspecified atom stereocenters. The fraction of sp³-hybridized carbons (Fsp3) is 0.423. The zero-order chi connectivity index (χ0) is 25.2. The van der Waals surface area contributed by atoms with Gasteiger partial charge in [-0.25, -0.2) is 17.4 Å². The summed E-state index contributed by atoms with van der Waals surface area (Å²) in [6.45, 7) is 3.09. The monoisotopic (exact) mass is 496 g/mol. The van der Waals surface area contributed by atoms with Crippen LogP contribution in [-0.2, 0) is 23.0 Å². The lowest BCUT2D eigenvalue weighted by Gasteiger charge is -2.30. The lowest BCUT2D eigenvalue weighted by atomic mass is 10.0. The molecule has 1 aliphatic heterocycles. The van der Waals surface area contributed by atoms with Crippen LogP contribution in [0.5, 0.6) is 0 Å². The minimum Gasteiger partial charge on any atom is -0.307 e. The average Bonchev–Trinajstić information content (AvgIpc) is 2.86. The van der Waals surface area contributed by atoms with E-state index in [9.17, 15) is 18.0 Å². The summed E-state index contributed by atoms with van der Waals surface area (Å²) in [6, 6.07) is 12.0. The maximum atomic E-state index is 13.8. The Morgan fingerprint density at radius 2 is 1.80 bits per heavy atom. The number of aryl methyl sites for hydroxylation is 2. The maximum Gasteiger partial charge on any atom is 0.279 e. The maximum absolute atomic E-state index is 13.8. The van der Waals surface area contributed by atoms with E-state index in [-0.39, 0.29) is 22.1 Å². The number of anilines is 1. The van der Waals surface area contributed by atoms with Crippen molar-refractivity contribution in [2.75, 3.05) is 25.5 Å². The van der Waals surface area contributed by atoms with Gasteiger partial charge in [0, 0.05) is 38.3 Å². The number of amides is 1. The minimum absolute atomic E-state index is 0.189. The fourth-order valence-electron chi connectivity index (χ4n) is 4.52. The minimum atomic E-state index is -3.57. The van der Waals surface area contributed by atoms with Gasteiger partial charge in [0.2, 0.25) is 10.0 Å². The predicted molar refractivity (Wildman–Crippen MR) is 137 cm³/mol. The molecule has 8 nitrogen and oxygen atoms in total. The fourth-order valence-corrected chi connectivity index (χ4v) is 5.47. The van der Waals surface area contributed by atoms with Gasteiger partial charge in [-0.2, -0.15) is 5.10 Å². The van der Waals surface area contributed by atoms with E-state index in [2.05, 4.69) is 12.0 Å². The molecule has 2 heterocycles. The Hall–Kier alpha value is -3.04. The number of carbonyl (C=O) groups excluding carboxylic acids is 1. The number of rotatable bonds is 8. The van der Waals surface area contributed by atoms with Gasteiger partial charge < -0.3 is 4.90 Å². The second kappa shape index (κ2) is 10.3. The molecular formula is C26H32N4O4S. The number of carbonyl (C=O) groups is 1. The molecule has 1 aromatic heterocycles. The van der Waals surface area contributed by atoms with Crippen LogP contribution in [-0.4, -0.2) is 49.1 Å². The standard InChI is InChI=1S/C26H32N4O4S/c1-4-5-6-9-17-30-25(31)22-13-8-7-12-21(22)24(27-30)26(32)29-16-10-11-19-18-20(14-15-23(19)29)35(33,34)28(2)3/h7-8,12-15,18H,4-6,9-11,16-17H2,1-3H3. The first-order chi connectivity index (χ1) is 16.8. The highest BCUT2D eigenvalue weighted by atomic mass is 32.2. The number of sulfonamides is 1. The molecule has 0 spiro atoms. The highest BCUT2D eigenvalue weighted by molar-refractivity contribution is 7.89. The highest BCUT2D eigenvalue weighted by Gasteiger charge is 2.29. The molecule has 0 bridgehead atoms. The largest absolute Gasteiger partial charge is 0.307 e. The van der Waals surface area contributed by atoms with Crippen LogP contribution in [0.15, 0.2) is 52.2 Å². The summed E-state index contributed by atoms with van der Waals surface area (Å²) in [5, 5.41) is 5.55. The van der Waals surface area contributed by atoms with Crippen molar-refractivity contribution < 1.29 is 13.2 Å². The first kappa shape index (κ1) is 25.1. The molecule has 2 aromatic carbocycles. The van der Waals surface area contributed by atoms with Crippen molar-refractivity contribution in [1.82, 2.24) is 14.1 Å². The third-order valence-corrected chi connectivity index (χ3v) is 8.30. The number of benzene rings is 2. The lowest BCUT2D eigenvalue weighted by molar-refractivity contribution is 0.0979. The number of nitrogens with zero attached hydrogens (tertiary/aromatic N) is 4. The molecule has 0 radical (unpaired) electrons. The van der Waals surface area contributed by atoms with Gasteiger partial charge in [-0.05, 0) is 49.1 Å². The molecule has 186 valence electrons. The Kier molecular flexibility index (Phi) is 7.37. The van der Waals surface area contributed by atoms with E-state index in [1.165, 1.54) is 23.1 Å². The zero-order valence-electron chi connectivity index (χ0n) is 20.5. The zero-order valence-corrected chi connectivity index (χ0v) is 21.3. The van der Waals surface area contributed by atoms with Crippen LogP contribution >= 0.6 is 0 Å². The van der Waals surface area contributed by atoms with Crippen molar-refractivity contribution in [3.63, 3.8) is 0 Å². The van der Waals surface area contributed by atoms with E-state index in [0.717, 1.165) is 31.2 Å². The van der Waals surface area contributed by atoms with Gasteiger partial charge >= 0.3 is 0 Å². The first-order valence-corrected chi connectivity index (χ1v) is 13.6. The molecule has 0 fully saturated rings. The van der Waals surface area contributed by atoms with Crippen LogP contribution in [0, 0.1) is 0 Å². The normalized spacial score (nSPS) is 13.9. The number of aromatic nitrogens is 2. The Labute approximate surface area is 206 Å². The molecule has 1 amide bonds. The molecule has 0 aliphatic carbocycles. The van der Waals surface area contributed by atoms with Gasteiger partial charge in [0.15, 0.2) is 5.69 Å². The Bertz CT molecular complexity index is 1410. The second-order valence-electron chi connectivity index (χ2n) is 9.12. The first-order valence-electron chi connectivity index (χ1n) is 12.1. The number of hydrogen-bond acceptors (Lipinski definition) is 5. The van der Waals surface area contributed by atoms with E-state index in [0.29, 0.717) is 42.4 Å². The molecular weight excluding hydrogens is 464 g/mol. The van der Waals surface area contributed by atoms with Crippen molar-refractivity contribution >= 4 is 32.4 Å². The third-order valence-electron chi connectivity index (χ3n) is 6.49. The van der Waals surface area contributed by atoms with Crippen molar-refractivity contribution in [2.24, 2.45) is 0 Å². The molecule has 0 saturated heterocycles. The van der Waals surface area contributed by atoms with Gasteiger partial charge in [-0.1, -0.05) is 44.4 Å². The number of fused-ring (bicyclic) bond motifs is 2. The van der Waals surface area contributed by atoms with Crippen LogP contribution in [0.1, 0.15) is 55.1 Å². The summed E-state index contributed by atoms with van der Waals surface area (Å²) in [7, 11) is -0.576. The molecule has 0 atom stereocenters. The van der Waals surface area contributed by atoms with Crippen LogP contribution in [0.3, 0.4) is 0 Å². The quantitative estimate of drug-likeness (QED) is 0.442. The summed E-state index contributed by atoms with van der Waals surface area (Å²) in [6.07, 6.45) is 5.39. The van der Waals surface area contributed by atoms with Crippen LogP contribution in [0.2, 0.25) is 0 Å². The van der Waals surface area contributed by atoms with Crippen LogP contribution in [0.4, 0.5) is 5.69 Å². The van der Waals surface area contributed by atoms with Crippen LogP contribution < -0.4 is 10.5 Å². The molecule has 9 heteroatoms. The lowest BCUT2D eigenvalue weighted by Crippen LogP contribution is -2.38. The van der Waals surface area contributed by atoms with Crippen molar-refractivity contribution in [2.45, 2.75) is 56.9 Å². The van der Waals surface area contributed by atoms with Crippen LogP contribution in [0.25, 0.3) is 10.8 Å². The summed E-state index contributed by atoms with van der Waals surface area (Å²) >= 11 is 0. The predicted octanol–water partition coefficient (Wildman–Crippen LogP) is 3.82. The molecule has 35 heavy (non-hydrogen) atoms. The smallest absolute Gasteiger partial charge is 0.279 e. The summed E-state index contributed by atoms with van der Waals surface area (Å²) in [4.78, 5) is 28.7. The Morgan fingerprint density at radius 3 is 2.51 bits per heavy atom. The number of hydrogen-bond donors (Lipinski definition) is 0. The summed E-state index contributed by atoms with van der Waals surface area (Å²) in [5.41, 5.74) is 1.55. The molecule has 3 aromatic rings. The molecule has 0 N–H and O–H groups in total. The topological polar surface area (TPSA) is 92.6 Å². The van der Waals surface area contributed by atoms with E-state index in [1.54, 1.807) is 47.4 Å². The SMILES string of the molecule is CCCCCCn1nc(C(=O)N2CCCc3cc(S(=O)(=O)N(C)C)ccc32)c2ccccc2c1=O. The van der Waals surface area contributed by atoms with E-state index in [4.69, 9.17) is 0 Å². The van der Waals surface area contributed by atoms with E-state index < -0.39 is 10.0 Å². The van der Waals surface area contributed by atoms with Gasteiger partial charge in [0.25, 0.3) is 11.5 Å². The molecule has 0 saturated carbocycles. The van der Waals surface area contributed by atoms with E-state index >= 15 is 0 Å². The third kappa shape index (κ3) is 4.88. The molecule has 4 rings (SSSR count). The van der Waals surface area contributed by atoms with Crippen molar-refractivity contribution in [3.8, 4) is 0 Å². The molecule has 1 aliphatic rings. The van der Waals surface area contributed by atoms with Gasteiger partial charge in [-0.3, -0.25) is 9.59 Å². The van der Waals surface area contributed by atoms with Crippen molar-refractivity contribution in [3.05, 3.63) is 64.1 Å². The average molecular weight is 497 g/mol. The Balaban J connectivity index is 1.75. The summed E-state index contributed by atoms with van der Waals surface area (Å²) < 4.78 is 27.8.